The second-order valence-corrected chi connectivity index (χ2v) is 6.21. The van der Waals surface area contributed by atoms with Gasteiger partial charge in [-0.2, -0.15) is 0 Å². The number of nitrogens with one attached hydrogen (secondary N) is 1. The van der Waals surface area contributed by atoms with Gasteiger partial charge in [0.1, 0.15) is 5.82 Å². The van der Waals surface area contributed by atoms with Crippen LogP contribution >= 0.6 is 27.5 Å². The largest absolute Gasteiger partial charge is 0.364 e. The number of anilines is 1. The first-order valence-corrected chi connectivity index (χ1v) is 7.88. The maximum atomic E-state index is 13.4. The molecule has 2 nitrogen and oxygen atoms in total. The van der Waals surface area contributed by atoms with E-state index in [-0.39, 0.29) is 5.82 Å². The van der Waals surface area contributed by atoms with Crippen LogP contribution in [0.4, 0.5) is 10.1 Å². The summed E-state index contributed by atoms with van der Waals surface area (Å²) in [6.45, 7) is 6.18. The fraction of sp³-hybridized carbons (Fsp3) is 0.571. The first-order valence-electron chi connectivity index (χ1n) is 6.71. The van der Waals surface area contributed by atoms with E-state index < -0.39 is 0 Å². The zero-order chi connectivity index (χ0) is 14.0. The summed E-state index contributed by atoms with van der Waals surface area (Å²) >= 11 is 9.69. The zero-order valence-electron chi connectivity index (χ0n) is 11.2. The standard InChI is InChI=1S/C14H19BrClFN2/c1-3-10-8-19(11(4-2)7-18-10)14-12(15)5-9(17)6-13(14)16/h5-6,10-11,18H,3-4,7-8H2,1-2H3. The van der Waals surface area contributed by atoms with Crippen molar-refractivity contribution in [1.29, 1.82) is 0 Å². The van der Waals surface area contributed by atoms with Gasteiger partial charge in [-0.3, -0.25) is 0 Å². The van der Waals surface area contributed by atoms with Crippen molar-refractivity contribution in [3.05, 3.63) is 27.4 Å². The molecule has 1 fully saturated rings. The molecule has 1 N–H and O–H groups in total. The van der Waals surface area contributed by atoms with Crippen molar-refractivity contribution in [3.8, 4) is 0 Å². The fourth-order valence-corrected chi connectivity index (χ4v) is 3.67. The van der Waals surface area contributed by atoms with E-state index >= 15 is 0 Å². The molecule has 19 heavy (non-hydrogen) atoms. The molecule has 0 amide bonds. The SMILES string of the molecule is CCC1CN(c2c(Cl)cc(F)cc2Br)C(CC)CN1. The normalized spacial score (nSPS) is 23.7. The van der Waals surface area contributed by atoms with Crippen molar-refractivity contribution >= 4 is 33.2 Å². The lowest BCUT2D eigenvalue weighted by atomic mass is 10.0. The molecular formula is C14H19BrClFN2. The summed E-state index contributed by atoms with van der Waals surface area (Å²) < 4.78 is 14.1. The van der Waals surface area contributed by atoms with Crippen LogP contribution in [0, 0.1) is 5.82 Å². The predicted molar refractivity (Wildman–Crippen MR) is 82.6 cm³/mol. The van der Waals surface area contributed by atoms with Gasteiger partial charge < -0.3 is 10.2 Å². The minimum Gasteiger partial charge on any atom is -0.364 e. The quantitative estimate of drug-likeness (QED) is 0.879. The Morgan fingerprint density at radius 2 is 2.16 bits per heavy atom. The number of hydrogen-bond donors (Lipinski definition) is 1. The molecule has 0 aliphatic carbocycles. The maximum absolute atomic E-state index is 13.4. The zero-order valence-corrected chi connectivity index (χ0v) is 13.6. The molecule has 0 aromatic heterocycles. The van der Waals surface area contributed by atoms with E-state index in [2.05, 4.69) is 40.0 Å². The lowest BCUT2D eigenvalue weighted by Gasteiger charge is -2.42. The fourth-order valence-electron chi connectivity index (χ4n) is 2.58. The number of halogens is 3. The van der Waals surface area contributed by atoms with Crippen LogP contribution in [0.2, 0.25) is 5.02 Å². The van der Waals surface area contributed by atoms with Crippen molar-refractivity contribution in [2.75, 3.05) is 18.0 Å². The molecule has 1 aromatic carbocycles. The molecule has 106 valence electrons. The third kappa shape index (κ3) is 3.23. The number of piperazine rings is 1. The smallest absolute Gasteiger partial charge is 0.125 e. The van der Waals surface area contributed by atoms with Crippen molar-refractivity contribution in [2.45, 2.75) is 38.8 Å². The molecule has 5 heteroatoms. The van der Waals surface area contributed by atoms with Gasteiger partial charge in [0.15, 0.2) is 0 Å². The van der Waals surface area contributed by atoms with E-state index in [1.807, 2.05) is 0 Å². The Morgan fingerprint density at radius 1 is 1.42 bits per heavy atom. The summed E-state index contributed by atoms with van der Waals surface area (Å²) in [5.74, 6) is -0.309. The molecule has 1 aromatic rings. The Labute approximate surface area is 127 Å². The topological polar surface area (TPSA) is 15.3 Å². The molecule has 0 radical (unpaired) electrons. The summed E-state index contributed by atoms with van der Waals surface area (Å²) in [4.78, 5) is 2.30. The summed E-state index contributed by atoms with van der Waals surface area (Å²) in [6.07, 6.45) is 2.10. The Kier molecular flexibility index (Phi) is 5.09. The van der Waals surface area contributed by atoms with Crippen molar-refractivity contribution in [3.63, 3.8) is 0 Å². The van der Waals surface area contributed by atoms with Gasteiger partial charge in [0.25, 0.3) is 0 Å². The molecule has 2 atom stereocenters. The van der Waals surface area contributed by atoms with E-state index in [1.54, 1.807) is 0 Å². The highest BCUT2D eigenvalue weighted by Crippen LogP contribution is 2.37. The second-order valence-electron chi connectivity index (χ2n) is 4.95. The molecule has 1 aliphatic heterocycles. The van der Waals surface area contributed by atoms with Gasteiger partial charge in [0.2, 0.25) is 0 Å². The Hall–Kier alpha value is -0.320. The number of nitrogens with zero attached hydrogens (tertiary/aromatic N) is 1. The first-order chi connectivity index (χ1) is 9.06. The van der Waals surface area contributed by atoms with Crippen molar-refractivity contribution < 1.29 is 4.39 Å². The van der Waals surface area contributed by atoms with E-state index in [1.165, 1.54) is 12.1 Å². The minimum absolute atomic E-state index is 0.309. The van der Waals surface area contributed by atoms with Gasteiger partial charge in [0, 0.05) is 29.6 Å². The molecule has 1 heterocycles. The van der Waals surface area contributed by atoms with Crippen LogP contribution in [-0.4, -0.2) is 25.2 Å². The lowest BCUT2D eigenvalue weighted by Crippen LogP contribution is -2.56. The van der Waals surface area contributed by atoms with Crippen LogP contribution in [0.5, 0.6) is 0 Å². The third-order valence-corrected chi connectivity index (χ3v) is 4.63. The molecule has 0 spiro atoms. The highest BCUT2D eigenvalue weighted by Gasteiger charge is 2.28. The summed E-state index contributed by atoms with van der Waals surface area (Å²) in [5, 5.41) is 4.02. The summed E-state index contributed by atoms with van der Waals surface area (Å²) in [5.41, 5.74) is 0.912. The molecule has 0 saturated carbocycles. The number of hydrogen-bond acceptors (Lipinski definition) is 2. The second kappa shape index (κ2) is 6.42. The molecule has 1 aliphatic rings. The van der Waals surface area contributed by atoms with Crippen LogP contribution in [0.1, 0.15) is 26.7 Å². The predicted octanol–water partition coefficient (Wildman–Crippen LogP) is 4.21. The lowest BCUT2D eigenvalue weighted by molar-refractivity contribution is 0.378. The Balaban J connectivity index is 2.36. The third-order valence-electron chi connectivity index (χ3n) is 3.73. The van der Waals surface area contributed by atoms with Gasteiger partial charge in [0.05, 0.1) is 10.7 Å². The summed E-state index contributed by atoms with van der Waals surface area (Å²) in [6, 6.07) is 3.71. The molecule has 2 unspecified atom stereocenters. The highest BCUT2D eigenvalue weighted by molar-refractivity contribution is 9.10. The first kappa shape index (κ1) is 15.1. The van der Waals surface area contributed by atoms with Crippen LogP contribution in [0.15, 0.2) is 16.6 Å². The van der Waals surface area contributed by atoms with Gasteiger partial charge >= 0.3 is 0 Å². The van der Waals surface area contributed by atoms with Crippen LogP contribution in [0.25, 0.3) is 0 Å². The van der Waals surface area contributed by atoms with Crippen molar-refractivity contribution in [2.24, 2.45) is 0 Å². The van der Waals surface area contributed by atoms with E-state index in [0.29, 0.717) is 17.1 Å². The average molecular weight is 350 g/mol. The average Bonchev–Trinajstić information content (AvgIpc) is 2.37. The van der Waals surface area contributed by atoms with Gasteiger partial charge in [-0.15, -0.1) is 0 Å². The van der Waals surface area contributed by atoms with E-state index in [4.69, 9.17) is 11.6 Å². The molecule has 2 rings (SSSR count). The number of benzene rings is 1. The number of rotatable bonds is 3. The van der Waals surface area contributed by atoms with Crippen LogP contribution in [-0.2, 0) is 0 Å². The Bertz CT molecular complexity index is 432. The van der Waals surface area contributed by atoms with Gasteiger partial charge in [-0.25, -0.2) is 4.39 Å². The monoisotopic (exact) mass is 348 g/mol. The van der Waals surface area contributed by atoms with Gasteiger partial charge in [-0.1, -0.05) is 25.4 Å². The molecule has 0 bridgehead atoms. The van der Waals surface area contributed by atoms with Crippen molar-refractivity contribution in [1.82, 2.24) is 5.32 Å². The van der Waals surface area contributed by atoms with Crippen LogP contribution in [0.3, 0.4) is 0 Å². The Morgan fingerprint density at radius 3 is 2.74 bits per heavy atom. The summed E-state index contributed by atoms with van der Waals surface area (Å²) in [7, 11) is 0. The molecule has 1 saturated heterocycles. The van der Waals surface area contributed by atoms with E-state index in [9.17, 15) is 4.39 Å². The van der Waals surface area contributed by atoms with E-state index in [0.717, 1.165) is 36.1 Å². The van der Waals surface area contributed by atoms with Crippen LogP contribution < -0.4 is 10.2 Å². The molecular weight excluding hydrogens is 331 g/mol. The van der Waals surface area contributed by atoms with Gasteiger partial charge in [-0.05, 0) is 40.9 Å². The highest BCUT2D eigenvalue weighted by atomic mass is 79.9. The maximum Gasteiger partial charge on any atom is 0.125 e. The minimum atomic E-state index is -0.309.